The van der Waals surface area contributed by atoms with Crippen LogP contribution in [0.3, 0.4) is 0 Å². The van der Waals surface area contributed by atoms with Gasteiger partial charge in [-0.2, -0.15) is 26.3 Å². The molecule has 0 aromatic carbocycles. The summed E-state index contributed by atoms with van der Waals surface area (Å²) in [5.74, 6) is 0. The number of alkyl halides is 10. The summed E-state index contributed by atoms with van der Waals surface area (Å²) in [5.41, 5.74) is 0. The molecule has 0 saturated heterocycles. The summed E-state index contributed by atoms with van der Waals surface area (Å²) >= 11 is 0. The third-order valence-electron chi connectivity index (χ3n) is 1.43. The van der Waals surface area contributed by atoms with E-state index in [4.69, 9.17) is 0 Å². The molecule has 4 atom stereocenters. The summed E-state index contributed by atoms with van der Waals surface area (Å²) in [4.78, 5) is 0. The number of hydrogen-bond donors (Lipinski definition) is 0. The molecule has 0 fully saturated rings. The molecule has 4 unspecified atom stereocenters. The van der Waals surface area contributed by atoms with E-state index in [-0.39, 0.29) is 0 Å². The van der Waals surface area contributed by atoms with Crippen molar-refractivity contribution in [3.8, 4) is 0 Å². The number of hydrogen-bond acceptors (Lipinski definition) is 0. The average molecular weight is 296 g/mol. The summed E-state index contributed by atoms with van der Waals surface area (Å²) in [6.45, 7) is 1.05. The second-order valence-corrected chi connectivity index (χ2v) is 3.24. The van der Waals surface area contributed by atoms with Crippen molar-refractivity contribution in [1.82, 2.24) is 0 Å². The maximum atomic E-state index is 11.5. The molecule has 0 nitrogen and oxygen atoms in total. The minimum atomic E-state index is -5.06. The summed E-state index contributed by atoms with van der Waals surface area (Å²) in [6, 6.07) is 0. The van der Waals surface area contributed by atoms with E-state index in [2.05, 4.69) is 0 Å². The summed E-state index contributed by atoms with van der Waals surface area (Å²) in [5, 5.41) is 0. The molecule has 0 bridgehead atoms. The molecule has 0 aliphatic rings. The van der Waals surface area contributed by atoms with Gasteiger partial charge in [0, 0.05) is 0 Å². The quantitative estimate of drug-likeness (QED) is 0.659. The zero-order chi connectivity index (χ0) is 15.3. The van der Waals surface area contributed by atoms with Gasteiger partial charge in [-0.25, -0.2) is 17.6 Å². The fourth-order valence-electron chi connectivity index (χ4n) is 0.521. The Morgan fingerprint density at radius 2 is 0.722 bits per heavy atom. The lowest BCUT2D eigenvalue weighted by molar-refractivity contribution is -0.194. The summed E-state index contributed by atoms with van der Waals surface area (Å²) in [7, 11) is 0. The minimum Gasteiger partial charge on any atom is -0.244 e. The van der Waals surface area contributed by atoms with Crippen molar-refractivity contribution in [3.63, 3.8) is 0 Å². The van der Waals surface area contributed by atoms with Gasteiger partial charge in [-0.15, -0.1) is 0 Å². The Kier molecular flexibility index (Phi) is 7.67. The molecule has 0 heterocycles. The van der Waals surface area contributed by atoms with Crippen LogP contribution in [0.1, 0.15) is 13.8 Å². The zero-order valence-electron chi connectivity index (χ0n) is 9.09. The molecule has 0 radical (unpaired) electrons. The van der Waals surface area contributed by atoms with Crippen molar-refractivity contribution in [3.05, 3.63) is 0 Å². The predicted molar refractivity (Wildman–Crippen MR) is 43.0 cm³/mol. The lowest BCUT2D eigenvalue weighted by atomic mass is 10.3. The maximum absolute atomic E-state index is 11.5. The molecule has 0 aromatic heterocycles. The van der Waals surface area contributed by atoms with E-state index < -0.39 is 37.0 Å². The van der Waals surface area contributed by atoms with Gasteiger partial charge in [0.25, 0.3) is 0 Å². The van der Waals surface area contributed by atoms with E-state index in [1.165, 1.54) is 0 Å². The van der Waals surface area contributed by atoms with E-state index in [0.717, 1.165) is 0 Å². The van der Waals surface area contributed by atoms with E-state index in [1.807, 2.05) is 0 Å². The molecule has 10 heteroatoms. The normalized spacial score (nSPS) is 19.3. The lowest BCUT2D eigenvalue weighted by Gasteiger charge is -2.11. The van der Waals surface area contributed by atoms with Crippen molar-refractivity contribution >= 4 is 0 Å². The van der Waals surface area contributed by atoms with Gasteiger partial charge >= 0.3 is 12.4 Å². The highest BCUT2D eigenvalue weighted by Gasteiger charge is 2.44. The first-order valence-electron chi connectivity index (χ1n) is 4.41. The molecule has 112 valence electrons. The Balaban J connectivity index is 0. The lowest BCUT2D eigenvalue weighted by Crippen LogP contribution is -2.31. The molecule has 0 rings (SSSR count). The second-order valence-electron chi connectivity index (χ2n) is 3.24. The highest BCUT2D eigenvalue weighted by molar-refractivity contribution is 4.71. The molecule has 0 N–H and O–H groups in total. The first-order valence-corrected chi connectivity index (χ1v) is 4.41. The molecule has 18 heavy (non-hydrogen) atoms. The van der Waals surface area contributed by atoms with E-state index in [9.17, 15) is 43.9 Å². The van der Waals surface area contributed by atoms with Crippen LogP contribution < -0.4 is 0 Å². The molecular weight excluding hydrogens is 286 g/mol. The van der Waals surface area contributed by atoms with Crippen molar-refractivity contribution in [1.29, 1.82) is 0 Å². The van der Waals surface area contributed by atoms with Crippen LogP contribution in [0.4, 0.5) is 43.9 Å². The van der Waals surface area contributed by atoms with Gasteiger partial charge in [0.1, 0.15) is 12.3 Å². The van der Waals surface area contributed by atoms with E-state index in [1.54, 1.807) is 0 Å². The van der Waals surface area contributed by atoms with Crippen LogP contribution in [-0.4, -0.2) is 37.0 Å². The van der Waals surface area contributed by atoms with Crippen LogP contribution in [0.25, 0.3) is 0 Å². The first kappa shape index (κ1) is 19.6. The molecule has 0 aliphatic heterocycles. The Hall–Kier alpha value is -0.700. The fraction of sp³-hybridized carbons (Fsp3) is 1.00. The predicted octanol–water partition coefficient (Wildman–Crippen LogP) is 4.49. The Morgan fingerprint density at radius 3 is 0.722 bits per heavy atom. The van der Waals surface area contributed by atoms with Gasteiger partial charge in [-0.1, -0.05) is 0 Å². The molecule has 0 amide bonds. The monoisotopic (exact) mass is 296 g/mol. The maximum Gasteiger partial charge on any atom is 0.422 e. The van der Waals surface area contributed by atoms with Gasteiger partial charge in [0.15, 0.2) is 0 Å². The molecule has 0 aromatic rings. The largest absolute Gasteiger partial charge is 0.422 e. The Morgan fingerprint density at radius 1 is 0.556 bits per heavy atom. The highest BCUT2D eigenvalue weighted by Crippen LogP contribution is 2.27. The molecule has 0 aliphatic carbocycles. The third kappa shape index (κ3) is 8.40. The fourth-order valence-corrected chi connectivity index (χ4v) is 0.521. The summed E-state index contributed by atoms with van der Waals surface area (Å²) < 4.78 is 113. The van der Waals surface area contributed by atoms with Gasteiger partial charge in [-0.3, -0.25) is 0 Å². The molecule has 0 spiro atoms. The van der Waals surface area contributed by atoms with Gasteiger partial charge in [-0.05, 0) is 13.8 Å². The zero-order valence-corrected chi connectivity index (χ0v) is 9.09. The topological polar surface area (TPSA) is 0 Å². The molecule has 0 saturated carbocycles. The van der Waals surface area contributed by atoms with Crippen LogP contribution in [0.2, 0.25) is 0 Å². The third-order valence-corrected chi connectivity index (χ3v) is 1.43. The highest BCUT2D eigenvalue weighted by atomic mass is 19.4. The van der Waals surface area contributed by atoms with E-state index in [0.29, 0.717) is 13.8 Å². The number of halogens is 10. The van der Waals surface area contributed by atoms with Gasteiger partial charge < -0.3 is 0 Å². The van der Waals surface area contributed by atoms with Crippen LogP contribution in [-0.2, 0) is 0 Å². The van der Waals surface area contributed by atoms with Crippen LogP contribution in [0.15, 0.2) is 0 Å². The second kappa shape index (κ2) is 7.03. The Bertz CT molecular complexity index is 191. The van der Waals surface area contributed by atoms with Crippen LogP contribution >= 0.6 is 0 Å². The SMILES string of the molecule is CC(F)C(F)C(F)(F)F.CC(F)C(F)C(F)(F)F. The first-order chi connectivity index (χ1) is 7.71. The Labute approximate surface area is 96.0 Å². The smallest absolute Gasteiger partial charge is 0.244 e. The van der Waals surface area contributed by atoms with Crippen molar-refractivity contribution in [2.75, 3.05) is 0 Å². The van der Waals surface area contributed by atoms with Crippen molar-refractivity contribution < 1.29 is 43.9 Å². The van der Waals surface area contributed by atoms with Crippen LogP contribution in [0.5, 0.6) is 0 Å². The molecular formula is C8H10F10. The van der Waals surface area contributed by atoms with Crippen molar-refractivity contribution in [2.24, 2.45) is 0 Å². The number of rotatable bonds is 2. The van der Waals surface area contributed by atoms with Crippen molar-refractivity contribution in [2.45, 2.75) is 50.9 Å². The standard InChI is InChI=1S/2C4H5F5/c2*1-2(5)3(6)4(7,8)9/h2*2-3H,1H3. The van der Waals surface area contributed by atoms with Crippen LogP contribution in [0, 0.1) is 0 Å². The minimum absolute atomic E-state index is 0.526. The van der Waals surface area contributed by atoms with Gasteiger partial charge in [0.05, 0.1) is 0 Å². The average Bonchev–Trinajstić information content (AvgIpc) is 2.13. The summed E-state index contributed by atoms with van der Waals surface area (Å²) in [6.07, 6.45) is -21.8. The van der Waals surface area contributed by atoms with E-state index >= 15 is 0 Å². The van der Waals surface area contributed by atoms with Gasteiger partial charge in [0.2, 0.25) is 12.3 Å².